The van der Waals surface area contributed by atoms with Crippen LogP contribution in [-0.2, 0) is 4.79 Å². The van der Waals surface area contributed by atoms with E-state index in [-0.39, 0.29) is 11.9 Å². The van der Waals surface area contributed by atoms with Crippen LogP contribution in [0.2, 0.25) is 0 Å². The zero-order chi connectivity index (χ0) is 12.4. The van der Waals surface area contributed by atoms with Gasteiger partial charge >= 0.3 is 0 Å². The average Bonchev–Trinajstić information content (AvgIpc) is 2.79. The van der Waals surface area contributed by atoms with Gasteiger partial charge < -0.3 is 10.6 Å². The lowest BCUT2D eigenvalue weighted by molar-refractivity contribution is -0.121. The van der Waals surface area contributed by atoms with E-state index in [0.717, 1.165) is 38.0 Å². The van der Waals surface area contributed by atoms with Crippen molar-refractivity contribution in [1.82, 2.24) is 15.5 Å². The Labute approximate surface area is 104 Å². The molecule has 2 aliphatic heterocycles. The topological polar surface area (TPSA) is 44.4 Å². The summed E-state index contributed by atoms with van der Waals surface area (Å²) in [6.07, 6.45) is 0.634. The molecule has 98 valence electrons. The molecular formula is C13H25N3O. The van der Waals surface area contributed by atoms with Gasteiger partial charge in [0.05, 0.1) is 0 Å². The van der Waals surface area contributed by atoms with Crippen LogP contribution < -0.4 is 10.6 Å². The molecule has 0 radical (unpaired) electrons. The number of amides is 1. The van der Waals surface area contributed by atoms with Gasteiger partial charge in [0.15, 0.2) is 0 Å². The van der Waals surface area contributed by atoms with Crippen LogP contribution in [0.3, 0.4) is 0 Å². The van der Waals surface area contributed by atoms with Crippen molar-refractivity contribution in [3.8, 4) is 0 Å². The molecule has 2 N–H and O–H groups in total. The predicted octanol–water partition coefficient (Wildman–Crippen LogP) is 0.441. The standard InChI is InChI=1S/C13H25N3O/c1-9(2)15-13(17)4-5-16-8-11-6-14-7-12(11)10(16)3/h9-12,14H,4-8H2,1-3H3,(H,15,17). The lowest BCUT2D eigenvalue weighted by atomic mass is 9.95. The van der Waals surface area contributed by atoms with E-state index in [1.54, 1.807) is 0 Å². The average molecular weight is 239 g/mol. The first kappa shape index (κ1) is 12.8. The van der Waals surface area contributed by atoms with E-state index in [4.69, 9.17) is 0 Å². The number of nitrogens with zero attached hydrogens (tertiary/aromatic N) is 1. The van der Waals surface area contributed by atoms with Gasteiger partial charge in [0, 0.05) is 31.6 Å². The van der Waals surface area contributed by atoms with Gasteiger partial charge in [-0.05, 0) is 45.7 Å². The molecule has 2 heterocycles. The van der Waals surface area contributed by atoms with Gasteiger partial charge in [-0.2, -0.15) is 0 Å². The van der Waals surface area contributed by atoms with Crippen molar-refractivity contribution in [2.24, 2.45) is 11.8 Å². The third kappa shape index (κ3) is 2.99. The second-order valence-electron chi connectivity index (χ2n) is 5.79. The fraction of sp³-hybridized carbons (Fsp3) is 0.923. The van der Waals surface area contributed by atoms with Crippen LogP contribution in [0.5, 0.6) is 0 Å². The monoisotopic (exact) mass is 239 g/mol. The smallest absolute Gasteiger partial charge is 0.221 e. The maximum absolute atomic E-state index is 11.6. The summed E-state index contributed by atoms with van der Waals surface area (Å²) in [6, 6.07) is 0.879. The Kier molecular flexibility index (Phi) is 4.05. The van der Waals surface area contributed by atoms with Crippen LogP contribution in [0.25, 0.3) is 0 Å². The molecule has 0 saturated carbocycles. The molecule has 4 heteroatoms. The van der Waals surface area contributed by atoms with Gasteiger partial charge in [-0.25, -0.2) is 0 Å². The van der Waals surface area contributed by atoms with Crippen LogP contribution in [-0.4, -0.2) is 49.1 Å². The zero-order valence-corrected chi connectivity index (χ0v) is 11.2. The lowest BCUT2D eigenvalue weighted by Crippen LogP contribution is -2.37. The van der Waals surface area contributed by atoms with Crippen LogP contribution in [0.1, 0.15) is 27.2 Å². The summed E-state index contributed by atoms with van der Waals surface area (Å²) < 4.78 is 0. The number of rotatable bonds is 4. The quantitative estimate of drug-likeness (QED) is 0.748. The minimum absolute atomic E-state index is 0.183. The van der Waals surface area contributed by atoms with Crippen molar-refractivity contribution < 1.29 is 4.79 Å². The summed E-state index contributed by atoms with van der Waals surface area (Å²) >= 11 is 0. The molecule has 0 spiro atoms. The number of likely N-dealkylation sites (tertiary alicyclic amines) is 1. The van der Waals surface area contributed by atoms with Crippen LogP contribution in [0.4, 0.5) is 0 Å². The molecule has 0 aliphatic carbocycles. The molecule has 2 rings (SSSR count). The van der Waals surface area contributed by atoms with Crippen molar-refractivity contribution in [3.63, 3.8) is 0 Å². The second-order valence-corrected chi connectivity index (χ2v) is 5.79. The largest absolute Gasteiger partial charge is 0.354 e. The zero-order valence-electron chi connectivity index (χ0n) is 11.2. The highest BCUT2D eigenvalue weighted by molar-refractivity contribution is 5.76. The minimum Gasteiger partial charge on any atom is -0.354 e. The van der Waals surface area contributed by atoms with E-state index >= 15 is 0 Å². The molecule has 0 bridgehead atoms. The van der Waals surface area contributed by atoms with Crippen LogP contribution in [0, 0.1) is 11.8 Å². The van der Waals surface area contributed by atoms with E-state index in [1.807, 2.05) is 13.8 Å². The summed E-state index contributed by atoms with van der Waals surface area (Å²) in [6.45, 7) is 10.7. The summed E-state index contributed by atoms with van der Waals surface area (Å²) in [7, 11) is 0. The van der Waals surface area contributed by atoms with Gasteiger partial charge in [0.1, 0.15) is 0 Å². The van der Waals surface area contributed by atoms with Gasteiger partial charge in [0.25, 0.3) is 0 Å². The van der Waals surface area contributed by atoms with Crippen LogP contribution in [0.15, 0.2) is 0 Å². The second kappa shape index (κ2) is 5.36. The Morgan fingerprint density at radius 2 is 2.24 bits per heavy atom. The van der Waals surface area contributed by atoms with Crippen molar-refractivity contribution in [2.45, 2.75) is 39.3 Å². The number of hydrogen-bond acceptors (Lipinski definition) is 3. The van der Waals surface area contributed by atoms with Gasteiger partial charge in [-0.1, -0.05) is 0 Å². The fourth-order valence-corrected chi connectivity index (χ4v) is 3.19. The van der Waals surface area contributed by atoms with E-state index in [1.165, 1.54) is 0 Å². The van der Waals surface area contributed by atoms with E-state index in [2.05, 4.69) is 22.5 Å². The maximum Gasteiger partial charge on any atom is 0.221 e. The van der Waals surface area contributed by atoms with Crippen molar-refractivity contribution >= 4 is 5.91 Å². The molecule has 3 atom stereocenters. The molecule has 0 aromatic carbocycles. The number of fused-ring (bicyclic) bond motifs is 1. The number of nitrogens with one attached hydrogen (secondary N) is 2. The van der Waals surface area contributed by atoms with Crippen molar-refractivity contribution in [1.29, 1.82) is 0 Å². The lowest BCUT2D eigenvalue weighted by Gasteiger charge is -2.24. The highest BCUT2D eigenvalue weighted by Gasteiger charge is 2.41. The third-order valence-electron chi connectivity index (χ3n) is 4.13. The molecule has 2 saturated heterocycles. The first-order valence-electron chi connectivity index (χ1n) is 6.82. The predicted molar refractivity (Wildman–Crippen MR) is 68.8 cm³/mol. The minimum atomic E-state index is 0.183. The SMILES string of the molecule is CC(C)NC(=O)CCN1CC2CNCC2C1C. The Morgan fingerprint density at radius 3 is 2.88 bits per heavy atom. The number of carbonyl (C=O) groups excluding carboxylic acids is 1. The van der Waals surface area contributed by atoms with Crippen LogP contribution >= 0.6 is 0 Å². The Hall–Kier alpha value is -0.610. The molecule has 17 heavy (non-hydrogen) atoms. The Balaban J connectivity index is 1.75. The molecule has 2 fully saturated rings. The molecule has 0 aromatic heterocycles. The number of hydrogen-bond donors (Lipinski definition) is 2. The first-order valence-corrected chi connectivity index (χ1v) is 6.82. The van der Waals surface area contributed by atoms with Gasteiger partial charge in [-0.15, -0.1) is 0 Å². The van der Waals surface area contributed by atoms with E-state index in [9.17, 15) is 4.79 Å². The molecule has 1 amide bonds. The highest BCUT2D eigenvalue weighted by Crippen LogP contribution is 2.32. The number of carbonyl (C=O) groups is 1. The molecule has 3 unspecified atom stereocenters. The van der Waals surface area contributed by atoms with E-state index < -0.39 is 0 Å². The molecular weight excluding hydrogens is 214 g/mol. The first-order chi connectivity index (χ1) is 8.08. The summed E-state index contributed by atoms with van der Waals surface area (Å²) in [5.41, 5.74) is 0. The van der Waals surface area contributed by atoms with E-state index in [0.29, 0.717) is 12.5 Å². The maximum atomic E-state index is 11.6. The fourth-order valence-electron chi connectivity index (χ4n) is 3.19. The summed E-state index contributed by atoms with van der Waals surface area (Å²) in [5.74, 6) is 1.78. The van der Waals surface area contributed by atoms with Gasteiger partial charge in [0.2, 0.25) is 5.91 Å². The van der Waals surface area contributed by atoms with Gasteiger partial charge in [-0.3, -0.25) is 9.69 Å². The third-order valence-corrected chi connectivity index (χ3v) is 4.13. The normalized spacial score (nSPS) is 33.1. The van der Waals surface area contributed by atoms with Crippen molar-refractivity contribution in [3.05, 3.63) is 0 Å². The van der Waals surface area contributed by atoms with Crippen molar-refractivity contribution in [2.75, 3.05) is 26.2 Å². The highest BCUT2D eigenvalue weighted by atomic mass is 16.1. The Morgan fingerprint density at radius 1 is 1.47 bits per heavy atom. The molecule has 2 aliphatic rings. The summed E-state index contributed by atoms with van der Waals surface area (Å²) in [5, 5.41) is 6.41. The molecule has 4 nitrogen and oxygen atoms in total. The Bertz CT molecular complexity index is 280. The molecule has 0 aromatic rings. The summed E-state index contributed by atoms with van der Waals surface area (Å²) in [4.78, 5) is 14.1.